The first-order valence-corrected chi connectivity index (χ1v) is 13.2. The largest absolute Gasteiger partial charge is 0.380 e. The van der Waals surface area contributed by atoms with Gasteiger partial charge in [-0.05, 0) is 86.8 Å². The number of anilines is 1. The topological polar surface area (TPSA) is 56.4 Å². The number of rotatable bonds is 8. The zero-order chi connectivity index (χ0) is 23.5. The number of hydrogen-bond donors (Lipinski definition) is 3. The minimum absolute atomic E-state index is 0.0326. The lowest BCUT2D eigenvalue weighted by atomic mass is 10.0. The molecule has 3 aromatic rings. The van der Waals surface area contributed by atoms with E-state index in [1.54, 1.807) is 0 Å². The molecule has 34 heavy (non-hydrogen) atoms. The van der Waals surface area contributed by atoms with E-state index in [9.17, 15) is 4.79 Å². The molecule has 2 aliphatic rings. The average Bonchev–Trinajstić information content (AvgIpc) is 3.50. The Hall–Kier alpha value is -2.67. The molecule has 6 heteroatoms. The Morgan fingerprint density at radius 1 is 1.12 bits per heavy atom. The monoisotopic (exact) mass is 474 g/mol. The summed E-state index contributed by atoms with van der Waals surface area (Å²) in [7, 11) is 0. The van der Waals surface area contributed by atoms with Gasteiger partial charge in [-0.3, -0.25) is 9.69 Å². The number of nitrogens with zero attached hydrogens (tertiary/aromatic N) is 1. The van der Waals surface area contributed by atoms with Crippen LogP contribution in [-0.4, -0.2) is 43.0 Å². The molecule has 178 valence electrons. The van der Waals surface area contributed by atoms with Crippen LogP contribution in [0, 0.1) is 6.92 Å². The van der Waals surface area contributed by atoms with Crippen LogP contribution in [0.3, 0.4) is 0 Å². The van der Waals surface area contributed by atoms with E-state index in [4.69, 9.17) is 0 Å². The summed E-state index contributed by atoms with van der Waals surface area (Å²) in [5.41, 5.74) is 5.05. The Labute approximate surface area is 206 Å². The highest BCUT2D eigenvalue weighted by Gasteiger charge is 2.19. The second kappa shape index (κ2) is 10.3. The number of benzene rings is 2. The fourth-order valence-corrected chi connectivity index (χ4v) is 5.73. The van der Waals surface area contributed by atoms with Crippen LogP contribution in [0.4, 0.5) is 5.69 Å². The summed E-state index contributed by atoms with van der Waals surface area (Å²) in [6.45, 7) is 9.47. The summed E-state index contributed by atoms with van der Waals surface area (Å²) in [4.78, 5) is 18.4. The predicted molar refractivity (Wildman–Crippen MR) is 142 cm³/mol. The first kappa shape index (κ1) is 23.1. The number of hydrogen-bond acceptors (Lipinski definition) is 5. The van der Waals surface area contributed by atoms with Gasteiger partial charge in [-0.2, -0.15) is 0 Å². The zero-order valence-corrected chi connectivity index (χ0v) is 20.9. The summed E-state index contributed by atoms with van der Waals surface area (Å²) in [6, 6.07) is 19.5. The molecule has 2 aromatic carbocycles. The Kier molecular flexibility index (Phi) is 6.99. The van der Waals surface area contributed by atoms with Gasteiger partial charge < -0.3 is 16.0 Å². The van der Waals surface area contributed by atoms with Crippen molar-refractivity contribution in [3.8, 4) is 10.4 Å². The van der Waals surface area contributed by atoms with Gasteiger partial charge in [-0.15, -0.1) is 11.3 Å². The summed E-state index contributed by atoms with van der Waals surface area (Å²) < 4.78 is 0. The quantitative estimate of drug-likeness (QED) is 0.420. The van der Waals surface area contributed by atoms with E-state index < -0.39 is 0 Å². The fourth-order valence-electron chi connectivity index (χ4n) is 4.68. The number of carbonyl (C=O) groups excluding carboxylic acids is 1. The summed E-state index contributed by atoms with van der Waals surface area (Å²) in [6.07, 6.45) is 2.64. The minimum Gasteiger partial charge on any atom is -0.380 e. The van der Waals surface area contributed by atoms with E-state index in [1.165, 1.54) is 41.2 Å². The van der Waals surface area contributed by atoms with E-state index in [0.29, 0.717) is 6.04 Å². The van der Waals surface area contributed by atoms with Gasteiger partial charge in [0.15, 0.2) is 0 Å². The molecule has 1 amide bonds. The second-order valence-corrected chi connectivity index (χ2v) is 10.8. The Morgan fingerprint density at radius 2 is 1.94 bits per heavy atom. The first-order chi connectivity index (χ1) is 16.5. The molecule has 3 heterocycles. The first-order valence-electron chi connectivity index (χ1n) is 12.4. The molecule has 2 aliphatic heterocycles. The van der Waals surface area contributed by atoms with Crippen LogP contribution in [0.2, 0.25) is 0 Å². The lowest BCUT2D eigenvalue weighted by molar-refractivity contribution is 0.0939. The lowest BCUT2D eigenvalue weighted by Crippen LogP contribution is -2.51. The Balaban J connectivity index is 1.26. The maximum absolute atomic E-state index is 13.1. The van der Waals surface area contributed by atoms with Crippen LogP contribution in [0.1, 0.15) is 52.2 Å². The highest BCUT2D eigenvalue weighted by atomic mass is 32.1. The molecular weight excluding hydrogens is 440 g/mol. The van der Waals surface area contributed by atoms with Crippen LogP contribution >= 0.6 is 11.3 Å². The van der Waals surface area contributed by atoms with Gasteiger partial charge in [0, 0.05) is 40.6 Å². The molecule has 1 atom stereocenters. The SMILES string of the molecule is Cc1ccc(NC2CNC2)cc1C(=O)NC(C)c1cccc(-c2ccc(CN3CCCC3)s2)c1. The van der Waals surface area contributed by atoms with Crippen molar-refractivity contribution in [3.05, 3.63) is 76.2 Å². The Morgan fingerprint density at radius 3 is 2.71 bits per heavy atom. The van der Waals surface area contributed by atoms with E-state index >= 15 is 0 Å². The smallest absolute Gasteiger partial charge is 0.252 e. The average molecular weight is 475 g/mol. The van der Waals surface area contributed by atoms with Gasteiger partial charge in [-0.25, -0.2) is 0 Å². The van der Waals surface area contributed by atoms with Crippen LogP contribution in [0.25, 0.3) is 10.4 Å². The maximum atomic E-state index is 13.1. The van der Waals surface area contributed by atoms with Crippen LogP contribution in [0.5, 0.6) is 0 Å². The molecule has 5 nitrogen and oxygen atoms in total. The number of amides is 1. The molecule has 1 unspecified atom stereocenters. The summed E-state index contributed by atoms with van der Waals surface area (Å²) in [5, 5.41) is 9.97. The van der Waals surface area contributed by atoms with E-state index in [0.717, 1.165) is 42.0 Å². The highest BCUT2D eigenvalue weighted by molar-refractivity contribution is 7.15. The van der Waals surface area contributed by atoms with Crippen molar-refractivity contribution in [2.24, 2.45) is 0 Å². The van der Waals surface area contributed by atoms with Crippen molar-refractivity contribution in [2.45, 2.75) is 45.3 Å². The number of aryl methyl sites for hydroxylation is 1. The molecule has 0 radical (unpaired) electrons. The molecule has 2 fully saturated rings. The second-order valence-electron chi connectivity index (χ2n) is 9.60. The highest BCUT2D eigenvalue weighted by Crippen LogP contribution is 2.31. The maximum Gasteiger partial charge on any atom is 0.252 e. The standard InChI is InChI=1S/C28H34N4OS/c1-19-8-9-23(31-24-16-29-17-24)15-26(19)28(33)30-20(2)21-6-5-7-22(14-21)27-11-10-25(34-27)18-32-12-3-4-13-32/h5-11,14-15,20,24,29,31H,3-4,12-13,16-18H2,1-2H3,(H,30,33). The molecule has 0 spiro atoms. The zero-order valence-electron chi connectivity index (χ0n) is 20.1. The molecular formula is C28H34N4OS. The van der Waals surface area contributed by atoms with Gasteiger partial charge in [-0.1, -0.05) is 24.3 Å². The third-order valence-corrected chi connectivity index (χ3v) is 8.01. The van der Waals surface area contributed by atoms with Crippen molar-refractivity contribution in [1.82, 2.24) is 15.5 Å². The third kappa shape index (κ3) is 5.35. The van der Waals surface area contributed by atoms with Gasteiger partial charge in [0.1, 0.15) is 0 Å². The van der Waals surface area contributed by atoms with E-state index in [2.05, 4.69) is 70.2 Å². The molecule has 1 aromatic heterocycles. The van der Waals surface area contributed by atoms with Gasteiger partial charge >= 0.3 is 0 Å². The molecule has 0 aliphatic carbocycles. The predicted octanol–water partition coefficient (Wildman–Crippen LogP) is 5.19. The Bertz CT molecular complexity index is 1150. The minimum atomic E-state index is -0.0803. The molecule has 0 saturated carbocycles. The van der Waals surface area contributed by atoms with Crippen LogP contribution in [-0.2, 0) is 6.54 Å². The van der Waals surface area contributed by atoms with Crippen molar-refractivity contribution in [3.63, 3.8) is 0 Å². The van der Waals surface area contributed by atoms with Crippen molar-refractivity contribution < 1.29 is 4.79 Å². The normalized spacial score (nSPS) is 17.4. The summed E-state index contributed by atoms with van der Waals surface area (Å²) >= 11 is 1.88. The van der Waals surface area contributed by atoms with Crippen molar-refractivity contribution in [2.75, 3.05) is 31.5 Å². The number of carbonyl (C=O) groups is 1. The fraction of sp³-hybridized carbons (Fsp3) is 0.393. The third-order valence-electron chi connectivity index (χ3n) is 6.89. The molecule has 2 saturated heterocycles. The van der Waals surface area contributed by atoms with Crippen molar-refractivity contribution >= 4 is 22.9 Å². The number of likely N-dealkylation sites (tertiary alicyclic amines) is 1. The van der Waals surface area contributed by atoms with Gasteiger partial charge in [0.25, 0.3) is 5.91 Å². The lowest BCUT2D eigenvalue weighted by Gasteiger charge is -2.29. The van der Waals surface area contributed by atoms with E-state index in [-0.39, 0.29) is 11.9 Å². The number of nitrogens with one attached hydrogen (secondary N) is 3. The van der Waals surface area contributed by atoms with Gasteiger partial charge in [0.2, 0.25) is 0 Å². The number of thiophene rings is 1. The summed E-state index contributed by atoms with van der Waals surface area (Å²) in [5.74, 6) is -0.0326. The van der Waals surface area contributed by atoms with Crippen LogP contribution in [0.15, 0.2) is 54.6 Å². The van der Waals surface area contributed by atoms with Crippen LogP contribution < -0.4 is 16.0 Å². The molecule has 5 rings (SSSR count). The van der Waals surface area contributed by atoms with Gasteiger partial charge in [0.05, 0.1) is 12.1 Å². The van der Waals surface area contributed by atoms with Crippen molar-refractivity contribution in [1.29, 1.82) is 0 Å². The van der Waals surface area contributed by atoms with E-state index in [1.807, 2.05) is 30.4 Å². The molecule has 0 bridgehead atoms. The molecule has 3 N–H and O–H groups in total.